The Bertz CT molecular complexity index is 670. The molecule has 0 fully saturated rings. The highest BCUT2D eigenvalue weighted by Gasteiger charge is 2.24. The zero-order valence-corrected chi connectivity index (χ0v) is 14.6. The van der Waals surface area contributed by atoms with Crippen LogP contribution in [-0.2, 0) is 6.42 Å². The molecule has 0 aromatic heterocycles. The van der Waals surface area contributed by atoms with Crippen LogP contribution >= 0.6 is 15.9 Å². The minimum atomic E-state index is 0.338. The number of methoxy groups -OCH3 is 1. The molecule has 4 heteroatoms. The van der Waals surface area contributed by atoms with E-state index in [9.17, 15) is 0 Å². The number of nitrogens with zero attached hydrogens (tertiary/aromatic N) is 1. The molecule has 1 unspecified atom stereocenters. The lowest BCUT2D eigenvalue weighted by Crippen LogP contribution is -2.24. The maximum absolute atomic E-state index is 5.84. The summed E-state index contributed by atoms with van der Waals surface area (Å²) < 4.78 is 6.52. The molecule has 0 saturated heterocycles. The largest absolute Gasteiger partial charge is 0.496 e. The van der Waals surface area contributed by atoms with E-state index in [2.05, 4.69) is 52.1 Å². The van der Waals surface area contributed by atoms with Gasteiger partial charge in [0.2, 0.25) is 0 Å². The molecule has 1 aliphatic heterocycles. The Balaban J connectivity index is 2.11. The average Bonchev–Trinajstić information content (AvgIpc) is 2.67. The van der Waals surface area contributed by atoms with Gasteiger partial charge in [0.25, 0.3) is 0 Å². The number of ether oxygens (including phenoxy) is 1. The number of benzene rings is 2. The smallest absolute Gasteiger partial charge is 0.133 e. The molecule has 1 atom stereocenters. The molecular weight excluding hydrogens is 340 g/mol. The molecule has 1 heterocycles. The van der Waals surface area contributed by atoms with Gasteiger partial charge in [-0.05, 0) is 70.4 Å². The Morgan fingerprint density at radius 1 is 1.23 bits per heavy atom. The highest BCUT2D eigenvalue weighted by Crippen LogP contribution is 2.37. The Hall–Kier alpha value is -1.52. The van der Waals surface area contributed by atoms with Crippen LogP contribution in [0.2, 0.25) is 0 Å². The summed E-state index contributed by atoms with van der Waals surface area (Å²) in [5.74, 6) is 1.23. The summed E-state index contributed by atoms with van der Waals surface area (Å²) >= 11 is 3.61. The summed E-state index contributed by atoms with van der Waals surface area (Å²) in [6.07, 6.45) is 1.06. The summed E-state index contributed by atoms with van der Waals surface area (Å²) in [5, 5.41) is 0. The molecule has 0 saturated carbocycles. The summed E-state index contributed by atoms with van der Waals surface area (Å²) in [6, 6.07) is 12.6. The fraction of sp³-hybridized carbons (Fsp3) is 0.333. The van der Waals surface area contributed by atoms with Crippen molar-refractivity contribution < 1.29 is 4.74 Å². The first-order valence-corrected chi connectivity index (χ1v) is 8.28. The summed E-state index contributed by atoms with van der Waals surface area (Å²) in [6.45, 7) is 2.07. The standard InChI is InChI=1S/C18H21BrN2O/c1-21-8-7-13-9-17(19)18(22-2)10-15(13)16(11-21)12-3-5-14(20)6-4-12/h3-6,9-10,16H,7-8,11,20H2,1-2H3. The Labute approximate surface area is 140 Å². The first-order valence-electron chi connectivity index (χ1n) is 7.48. The van der Waals surface area contributed by atoms with Crippen molar-refractivity contribution in [2.75, 3.05) is 33.0 Å². The number of nitrogens with two attached hydrogens (primary N) is 1. The number of halogens is 1. The number of fused-ring (bicyclic) bond motifs is 1. The van der Waals surface area contributed by atoms with Gasteiger partial charge >= 0.3 is 0 Å². The first-order chi connectivity index (χ1) is 10.6. The number of hydrogen-bond acceptors (Lipinski definition) is 3. The van der Waals surface area contributed by atoms with Gasteiger partial charge < -0.3 is 15.4 Å². The number of likely N-dealkylation sites (N-methyl/N-ethyl adjacent to an activating group) is 1. The normalized spacial score (nSPS) is 18.6. The number of rotatable bonds is 2. The van der Waals surface area contributed by atoms with Gasteiger partial charge in [-0.25, -0.2) is 0 Å². The molecule has 2 aromatic rings. The van der Waals surface area contributed by atoms with Crippen molar-refractivity contribution in [1.82, 2.24) is 4.90 Å². The van der Waals surface area contributed by atoms with Crippen LogP contribution in [0.25, 0.3) is 0 Å². The fourth-order valence-corrected chi connectivity index (χ4v) is 3.69. The van der Waals surface area contributed by atoms with Crippen molar-refractivity contribution in [3.8, 4) is 5.75 Å². The van der Waals surface area contributed by atoms with Gasteiger partial charge in [0.1, 0.15) is 5.75 Å². The molecule has 116 valence electrons. The van der Waals surface area contributed by atoms with Crippen LogP contribution in [0.15, 0.2) is 40.9 Å². The Morgan fingerprint density at radius 3 is 2.64 bits per heavy atom. The molecule has 0 amide bonds. The van der Waals surface area contributed by atoms with E-state index in [0.717, 1.165) is 35.4 Å². The third-order valence-corrected chi connectivity index (χ3v) is 5.00. The molecule has 0 aliphatic carbocycles. The second-order valence-electron chi connectivity index (χ2n) is 5.92. The predicted molar refractivity (Wildman–Crippen MR) is 94.6 cm³/mol. The lowest BCUT2D eigenvalue weighted by atomic mass is 9.88. The number of hydrogen-bond donors (Lipinski definition) is 1. The van der Waals surface area contributed by atoms with Gasteiger partial charge in [-0.2, -0.15) is 0 Å². The van der Waals surface area contributed by atoms with Gasteiger partial charge in [-0.15, -0.1) is 0 Å². The predicted octanol–water partition coefficient (Wildman–Crippen LogP) is 3.66. The SMILES string of the molecule is COc1cc2c(cc1Br)CCN(C)CC2c1ccc(N)cc1. The molecule has 2 N–H and O–H groups in total. The van der Waals surface area contributed by atoms with Crippen molar-refractivity contribution in [3.05, 3.63) is 57.6 Å². The molecule has 2 aromatic carbocycles. The lowest BCUT2D eigenvalue weighted by Gasteiger charge is -2.22. The topological polar surface area (TPSA) is 38.5 Å². The third kappa shape index (κ3) is 2.99. The number of anilines is 1. The molecule has 1 aliphatic rings. The minimum Gasteiger partial charge on any atom is -0.496 e. The van der Waals surface area contributed by atoms with Crippen molar-refractivity contribution in [1.29, 1.82) is 0 Å². The van der Waals surface area contributed by atoms with E-state index in [-0.39, 0.29) is 0 Å². The van der Waals surface area contributed by atoms with Crippen molar-refractivity contribution >= 4 is 21.6 Å². The zero-order chi connectivity index (χ0) is 15.7. The van der Waals surface area contributed by atoms with E-state index >= 15 is 0 Å². The molecule has 3 rings (SSSR count). The molecule has 3 nitrogen and oxygen atoms in total. The van der Waals surface area contributed by atoms with Gasteiger partial charge in [-0.3, -0.25) is 0 Å². The Kier molecular flexibility index (Phi) is 4.41. The number of nitrogen functional groups attached to an aromatic ring is 1. The van der Waals surface area contributed by atoms with Crippen molar-refractivity contribution in [2.45, 2.75) is 12.3 Å². The second-order valence-corrected chi connectivity index (χ2v) is 6.77. The van der Waals surface area contributed by atoms with Crippen LogP contribution < -0.4 is 10.5 Å². The maximum atomic E-state index is 5.84. The second kappa shape index (κ2) is 6.31. The van der Waals surface area contributed by atoms with E-state index in [1.807, 2.05) is 12.1 Å². The van der Waals surface area contributed by atoms with Crippen LogP contribution in [0.1, 0.15) is 22.6 Å². The molecule has 22 heavy (non-hydrogen) atoms. The first kappa shape index (κ1) is 15.4. The van der Waals surface area contributed by atoms with Gasteiger partial charge in [-0.1, -0.05) is 12.1 Å². The van der Waals surface area contributed by atoms with E-state index in [1.54, 1.807) is 7.11 Å². The average molecular weight is 361 g/mol. The quantitative estimate of drug-likeness (QED) is 0.830. The van der Waals surface area contributed by atoms with Crippen molar-refractivity contribution in [3.63, 3.8) is 0 Å². The highest BCUT2D eigenvalue weighted by atomic mass is 79.9. The maximum Gasteiger partial charge on any atom is 0.133 e. The van der Waals surface area contributed by atoms with E-state index in [4.69, 9.17) is 10.5 Å². The van der Waals surface area contributed by atoms with Crippen LogP contribution in [0.5, 0.6) is 5.75 Å². The van der Waals surface area contributed by atoms with Crippen molar-refractivity contribution in [2.24, 2.45) is 0 Å². The lowest BCUT2D eigenvalue weighted by molar-refractivity contribution is 0.338. The van der Waals surface area contributed by atoms with Gasteiger partial charge in [0, 0.05) is 24.7 Å². The zero-order valence-electron chi connectivity index (χ0n) is 13.0. The van der Waals surface area contributed by atoms with Gasteiger partial charge in [0.05, 0.1) is 11.6 Å². The van der Waals surface area contributed by atoms with Crippen LogP contribution in [0, 0.1) is 0 Å². The van der Waals surface area contributed by atoms with E-state index in [0.29, 0.717) is 5.92 Å². The molecule has 0 spiro atoms. The van der Waals surface area contributed by atoms with Gasteiger partial charge in [0.15, 0.2) is 0 Å². The summed E-state index contributed by atoms with van der Waals surface area (Å²) in [5.41, 5.74) is 10.7. The summed E-state index contributed by atoms with van der Waals surface area (Å²) in [4.78, 5) is 2.39. The van der Waals surface area contributed by atoms with Crippen LogP contribution in [0.4, 0.5) is 5.69 Å². The molecule has 0 radical (unpaired) electrons. The van der Waals surface area contributed by atoms with Crippen LogP contribution in [0.3, 0.4) is 0 Å². The molecular formula is C18H21BrN2O. The third-order valence-electron chi connectivity index (χ3n) is 4.39. The fourth-order valence-electron chi connectivity index (χ4n) is 3.13. The molecule has 0 bridgehead atoms. The van der Waals surface area contributed by atoms with Crippen LogP contribution in [-0.4, -0.2) is 32.1 Å². The summed E-state index contributed by atoms with van der Waals surface area (Å²) in [7, 11) is 3.90. The Morgan fingerprint density at radius 2 is 1.95 bits per heavy atom. The minimum absolute atomic E-state index is 0.338. The monoisotopic (exact) mass is 360 g/mol. The van der Waals surface area contributed by atoms with E-state index < -0.39 is 0 Å². The highest BCUT2D eigenvalue weighted by molar-refractivity contribution is 9.10. The van der Waals surface area contributed by atoms with E-state index in [1.165, 1.54) is 16.7 Å².